The van der Waals surface area contributed by atoms with Gasteiger partial charge < -0.3 is 15.4 Å². The van der Waals surface area contributed by atoms with E-state index in [1.807, 2.05) is 24.3 Å². The molecule has 0 aromatic heterocycles. The molecule has 1 saturated heterocycles. The Morgan fingerprint density at radius 2 is 1.75 bits per heavy atom. The van der Waals surface area contributed by atoms with Crippen LogP contribution in [0.25, 0.3) is 0 Å². The van der Waals surface area contributed by atoms with E-state index in [9.17, 15) is 13.8 Å². The van der Waals surface area contributed by atoms with E-state index in [0.717, 1.165) is 18.4 Å². The maximum Gasteiger partial charge on any atom is 0.255 e. The van der Waals surface area contributed by atoms with Gasteiger partial charge in [-0.25, -0.2) is 0 Å². The summed E-state index contributed by atoms with van der Waals surface area (Å²) in [5.74, 6) is 0.0732. The first-order valence-corrected chi connectivity index (χ1v) is 10.6. The normalized spacial score (nSPS) is 15.6. The zero-order valence-corrected chi connectivity index (χ0v) is 16.6. The van der Waals surface area contributed by atoms with Crippen molar-refractivity contribution in [2.45, 2.75) is 30.8 Å². The number of benzene rings is 2. The Morgan fingerprint density at radius 3 is 2.43 bits per heavy atom. The molecule has 1 aliphatic heterocycles. The van der Waals surface area contributed by atoms with Crippen molar-refractivity contribution >= 4 is 34.0 Å². The first-order chi connectivity index (χ1) is 13.5. The van der Waals surface area contributed by atoms with Crippen molar-refractivity contribution in [3.63, 3.8) is 0 Å². The standard InChI is InChI=1S/C21H24N2O4S/c1-15(24)22-18-7-5-17(6-8-18)21(25)23-19-4-2-3-16(13-19)14-28(26)20-9-11-27-12-10-20/h2-8,13,20H,9-12,14H2,1H3,(H,22,24)(H,23,25). The van der Waals surface area contributed by atoms with E-state index < -0.39 is 10.8 Å². The molecule has 148 valence electrons. The zero-order valence-electron chi connectivity index (χ0n) is 15.8. The van der Waals surface area contributed by atoms with Gasteiger partial charge in [-0.3, -0.25) is 13.8 Å². The fourth-order valence-electron chi connectivity index (χ4n) is 3.07. The SMILES string of the molecule is CC(=O)Nc1ccc(C(=O)Nc2cccc(CS(=O)C3CCOCC3)c2)cc1. The van der Waals surface area contributed by atoms with Gasteiger partial charge in [-0.05, 0) is 54.8 Å². The average Bonchev–Trinajstić information content (AvgIpc) is 2.69. The summed E-state index contributed by atoms with van der Waals surface area (Å²) >= 11 is 0. The molecular weight excluding hydrogens is 376 g/mol. The minimum Gasteiger partial charge on any atom is -0.381 e. The smallest absolute Gasteiger partial charge is 0.255 e. The van der Waals surface area contributed by atoms with Crippen molar-refractivity contribution in [2.75, 3.05) is 23.8 Å². The van der Waals surface area contributed by atoms with Crippen LogP contribution in [0.1, 0.15) is 35.7 Å². The van der Waals surface area contributed by atoms with Crippen LogP contribution in [-0.2, 0) is 26.1 Å². The molecular formula is C21H24N2O4S. The number of hydrogen-bond acceptors (Lipinski definition) is 4. The van der Waals surface area contributed by atoms with E-state index in [-0.39, 0.29) is 17.1 Å². The number of amides is 2. The van der Waals surface area contributed by atoms with Crippen LogP contribution in [0.3, 0.4) is 0 Å². The molecule has 7 heteroatoms. The first kappa shape index (κ1) is 20.2. The van der Waals surface area contributed by atoms with Gasteiger partial charge in [-0.15, -0.1) is 0 Å². The monoisotopic (exact) mass is 400 g/mol. The van der Waals surface area contributed by atoms with Crippen molar-refractivity contribution in [3.05, 3.63) is 59.7 Å². The van der Waals surface area contributed by atoms with Gasteiger partial charge in [0.2, 0.25) is 5.91 Å². The molecule has 2 aromatic rings. The maximum atomic E-state index is 12.6. The van der Waals surface area contributed by atoms with Crippen molar-refractivity contribution in [3.8, 4) is 0 Å². The molecule has 28 heavy (non-hydrogen) atoms. The summed E-state index contributed by atoms with van der Waals surface area (Å²) in [5.41, 5.74) is 2.73. The van der Waals surface area contributed by atoms with Crippen molar-refractivity contribution in [1.29, 1.82) is 0 Å². The Labute approximate surface area is 167 Å². The third-order valence-corrected chi connectivity index (χ3v) is 6.33. The minimum absolute atomic E-state index is 0.160. The van der Waals surface area contributed by atoms with Gasteiger partial charge in [0.15, 0.2) is 0 Å². The molecule has 3 rings (SSSR count). The molecule has 2 N–H and O–H groups in total. The molecule has 0 aliphatic carbocycles. The summed E-state index contributed by atoms with van der Waals surface area (Å²) in [4.78, 5) is 23.5. The molecule has 6 nitrogen and oxygen atoms in total. The number of anilines is 2. The molecule has 2 amide bonds. The second-order valence-corrected chi connectivity index (χ2v) is 8.47. The molecule has 0 saturated carbocycles. The minimum atomic E-state index is -0.949. The average molecular weight is 401 g/mol. The van der Waals surface area contributed by atoms with Crippen LogP contribution in [0.4, 0.5) is 11.4 Å². The van der Waals surface area contributed by atoms with E-state index >= 15 is 0 Å². The van der Waals surface area contributed by atoms with Crippen molar-refractivity contribution in [1.82, 2.24) is 0 Å². The van der Waals surface area contributed by atoms with Crippen molar-refractivity contribution < 1.29 is 18.5 Å². The third kappa shape index (κ3) is 5.74. The lowest BCUT2D eigenvalue weighted by atomic mass is 10.1. The number of carbonyl (C=O) groups excluding carboxylic acids is 2. The summed E-state index contributed by atoms with van der Waals surface area (Å²) in [6, 6.07) is 14.1. The highest BCUT2D eigenvalue weighted by Gasteiger charge is 2.20. The lowest BCUT2D eigenvalue weighted by molar-refractivity contribution is -0.114. The summed E-state index contributed by atoms with van der Waals surface area (Å²) < 4.78 is 17.9. The van der Waals surface area contributed by atoms with Crippen LogP contribution in [-0.4, -0.2) is 34.5 Å². The molecule has 0 radical (unpaired) electrons. The van der Waals surface area contributed by atoms with Crippen LogP contribution in [0.15, 0.2) is 48.5 Å². The van der Waals surface area contributed by atoms with Crippen LogP contribution < -0.4 is 10.6 Å². The van der Waals surface area contributed by atoms with Crippen LogP contribution in [0.2, 0.25) is 0 Å². The Hall–Kier alpha value is -2.51. The lowest BCUT2D eigenvalue weighted by Gasteiger charge is -2.21. The van der Waals surface area contributed by atoms with E-state index in [4.69, 9.17) is 4.74 Å². The lowest BCUT2D eigenvalue weighted by Crippen LogP contribution is -2.25. The second kappa shape index (κ2) is 9.61. The predicted molar refractivity (Wildman–Crippen MR) is 111 cm³/mol. The second-order valence-electron chi connectivity index (χ2n) is 6.75. The molecule has 1 heterocycles. The van der Waals surface area contributed by atoms with Gasteiger partial charge in [-0.1, -0.05) is 12.1 Å². The fourth-order valence-corrected chi connectivity index (χ4v) is 4.53. The van der Waals surface area contributed by atoms with Gasteiger partial charge in [0, 0.05) is 58.9 Å². The van der Waals surface area contributed by atoms with Gasteiger partial charge >= 0.3 is 0 Å². The van der Waals surface area contributed by atoms with E-state index in [1.165, 1.54) is 6.92 Å². The van der Waals surface area contributed by atoms with E-state index in [0.29, 0.717) is 35.9 Å². The molecule has 1 fully saturated rings. The molecule has 0 spiro atoms. The van der Waals surface area contributed by atoms with Crippen molar-refractivity contribution in [2.24, 2.45) is 0 Å². The summed E-state index contributed by atoms with van der Waals surface area (Å²) in [6.45, 7) is 2.78. The van der Waals surface area contributed by atoms with Gasteiger partial charge in [0.25, 0.3) is 5.91 Å². The highest BCUT2D eigenvalue weighted by Crippen LogP contribution is 2.19. The number of carbonyl (C=O) groups is 2. The van der Waals surface area contributed by atoms with Gasteiger partial charge in [-0.2, -0.15) is 0 Å². The molecule has 1 unspecified atom stereocenters. The van der Waals surface area contributed by atoms with Crippen LogP contribution in [0.5, 0.6) is 0 Å². The Kier molecular flexibility index (Phi) is 6.95. The highest BCUT2D eigenvalue weighted by molar-refractivity contribution is 7.84. The summed E-state index contributed by atoms with van der Waals surface area (Å²) in [5, 5.41) is 5.71. The Balaban J connectivity index is 1.61. The highest BCUT2D eigenvalue weighted by atomic mass is 32.2. The molecule has 2 aromatic carbocycles. The zero-order chi connectivity index (χ0) is 19.9. The number of rotatable bonds is 6. The third-order valence-electron chi connectivity index (χ3n) is 4.50. The first-order valence-electron chi connectivity index (χ1n) is 9.24. The van der Waals surface area contributed by atoms with Gasteiger partial charge in [0.05, 0.1) is 0 Å². The summed E-state index contributed by atoms with van der Waals surface area (Å²) in [7, 11) is -0.949. The fraction of sp³-hybridized carbons (Fsp3) is 0.333. The Morgan fingerprint density at radius 1 is 1.04 bits per heavy atom. The van der Waals surface area contributed by atoms with Crippen LogP contribution >= 0.6 is 0 Å². The number of hydrogen-bond donors (Lipinski definition) is 2. The molecule has 1 atom stereocenters. The maximum absolute atomic E-state index is 12.6. The quantitative estimate of drug-likeness (QED) is 0.779. The number of nitrogens with one attached hydrogen (secondary N) is 2. The Bertz CT molecular complexity index is 861. The van der Waals surface area contributed by atoms with E-state index in [2.05, 4.69) is 10.6 Å². The van der Waals surface area contributed by atoms with E-state index in [1.54, 1.807) is 24.3 Å². The molecule has 1 aliphatic rings. The van der Waals surface area contributed by atoms with Gasteiger partial charge in [0.1, 0.15) is 0 Å². The topological polar surface area (TPSA) is 84.5 Å². The molecule has 0 bridgehead atoms. The predicted octanol–water partition coefficient (Wildman–Crippen LogP) is 3.33. The summed E-state index contributed by atoms with van der Waals surface area (Å²) in [6.07, 6.45) is 1.66. The van der Waals surface area contributed by atoms with Crippen LogP contribution in [0, 0.1) is 0 Å². The largest absolute Gasteiger partial charge is 0.381 e. The number of ether oxygens (including phenoxy) is 1.